The number of aryl methyl sites for hydroxylation is 2. The van der Waals surface area contributed by atoms with Crippen molar-refractivity contribution in [1.29, 1.82) is 0 Å². The van der Waals surface area contributed by atoms with Gasteiger partial charge in [-0.3, -0.25) is 0 Å². The average molecular weight is 233 g/mol. The first-order valence-corrected chi connectivity index (χ1v) is 6.68. The van der Waals surface area contributed by atoms with Gasteiger partial charge in [-0.15, -0.1) is 0 Å². The van der Waals surface area contributed by atoms with E-state index in [2.05, 4.69) is 64.2 Å². The minimum atomic E-state index is 0.233. The highest BCUT2D eigenvalue weighted by molar-refractivity contribution is 5.25. The lowest BCUT2D eigenvalue weighted by Crippen LogP contribution is -2.38. The van der Waals surface area contributed by atoms with Gasteiger partial charge in [0.25, 0.3) is 0 Å². The van der Waals surface area contributed by atoms with Crippen LogP contribution in [0.3, 0.4) is 0 Å². The van der Waals surface area contributed by atoms with Gasteiger partial charge in [0.1, 0.15) is 0 Å². The van der Waals surface area contributed by atoms with Crippen molar-refractivity contribution in [1.82, 2.24) is 5.32 Å². The molecule has 0 radical (unpaired) electrons. The average Bonchev–Trinajstić information content (AvgIpc) is 2.24. The van der Waals surface area contributed by atoms with E-state index in [9.17, 15) is 0 Å². The van der Waals surface area contributed by atoms with Crippen LogP contribution in [0.4, 0.5) is 0 Å². The lowest BCUT2D eigenvalue weighted by Gasteiger charge is -2.23. The second-order valence-electron chi connectivity index (χ2n) is 6.20. The van der Waals surface area contributed by atoms with Gasteiger partial charge in [-0.25, -0.2) is 0 Å². The highest BCUT2D eigenvalue weighted by atomic mass is 14.9. The molecule has 0 saturated carbocycles. The van der Waals surface area contributed by atoms with Gasteiger partial charge >= 0.3 is 0 Å². The molecular formula is C16H27N. The normalized spacial score (nSPS) is 13.7. The number of hydrogen-bond acceptors (Lipinski definition) is 1. The van der Waals surface area contributed by atoms with E-state index >= 15 is 0 Å². The summed E-state index contributed by atoms with van der Waals surface area (Å²) in [6.45, 7) is 12.3. The van der Waals surface area contributed by atoms with Crippen LogP contribution in [0.5, 0.6) is 0 Å². The first kappa shape index (κ1) is 14.2. The van der Waals surface area contributed by atoms with Gasteiger partial charge in [0.15, 0.2) is 0 Å². The molecule has 1 aromatic rings. The van der Waals surface area contributed by atoms with Gasteiger partial charge in [0.2, 0.25) is 0 Å². The quantitative estimate of drug-likeness (QED) is 0.812. The first-order chi connectivity index (χ1) is 7.88. The van der Waals surface area contributed by atoms with Crippen molar-refractivity contribution in [3.8, 4) is 0 Å². The molecule has 0 spiro atoms. The molecule has 1 rings (SSSR count). The summed E-state index contributed by atoms with van der Waals surface area (Å²) in [7, 11) is 0. The molecule has 1 aromatic carbocycles. The molecule has 17 heavy (non-hydrogen) atoms. The van der Waals surface area contributed by atoms with E-state index in [0.29, 0.717) is 0 Å². The number of rotatable bonds is 5. The predicted molar refractivity (Wildman–Crippen MR) is 76.4 cm³/mol. The van der Waals surface area contributed by atoms with Gasteiger partial charge in [-0.1, -0.05) is 31.2 Å². The Balaban J connectivity index is 2.34. The smallest absolute Gasteiger partial charge is 0.00966 e. The fourth-order valence-corrected chi connectivity index (χ4v) is 1.87. The van der Waals surface area contributed by atoms with Crippen LogP contribution >= 0.6 is 0 Å². The Labute approximate surface area is 107 Å². The number of hydrogen-bond donors (Lipinski definition) is 1. The molecule has 0 aliphatic heterocycles. The molecular weight excluding hydrogens is 206 g/mol. The molecule has 1 atom stereocenters. The maximum atomic E-state index is 3.57. The maximum Gasteiger partial charge on any atom is 0.00966 e. The van der Waals surface area contributed by atoms with Gasteiger partial charge in [-0.05, 0) is 64.1 Å². The van der Waals surface area contributed by atoms with Gasteiger partial charge in [-0.2, -0.15) is 0 Å². The SMILES string of the molecule is Cc1ccccc1CCC(C)CNC(C)(C)C. The van der Waals surface area contributed by atoms with E-state index < -0.39 is 0 Å². The Morgan fingerprint density at radius 1 is 1.18 bits per heavy atom. The zero-order valence-corrected chi connectivity index (χ0v) is 12.0. The second-order valence-corrected chi connectivity index (χ2v) is 6.20. The standard InChI is InChI=1S/C16H27N/c1-13(12-17-16(3,4)5)10-11-15-9-7-6-8-14(15)2/h6-9,13,17H,10-12H2,1-5H3. The van der Waals surface area contributed by atoms with Crippen molar-refractivity contribution < 1.29 is 0 Å². The molecule has 96 valence electrons. The minimum absolute atomic E-state index is 0.233. The lowest BCUT2D eigenvalue weighted by molar-refractivity contribution is 0.372. The van der Waals surface area contributed by atoms with E-state index in [0.717, 1.165) is 12.5 Å². The van der Waals surface area contributed by atoms with Crippen molar-refractivity contribution in [3.63, 3.8) is 0 Å². The molecule has 0 bridgehead atoms. The fourth-order valence-electron chi connectivity index (χ4n) is 1.87. The molecule has 1 heteroatoms. The third kappa shape index (κ3) is 5.88. The Morgan fingerprint density at radius 3 is 2.41 bits per heavy atom. The zero-order valence-electron chi connectivity index (χ0n) is 12.0. The van der Waals surface area contributed by atoms with Crippen LogP contribution in [0, 0.1) is 12.8 Å². The van der Waals surface area contributed by atoms with Gasteiger partial charge in [0, 0.05) is 5.54 Å². The van der Waals surface area contributed by atoms with Gasteiger partial charge < -0.3 is 5.32 Å². The molecule has 1 nitrogen and oxygen atoms in total. The van der Waals surface area contributed by atoms with Crippen molar-refractivity contribution in [3.05, 3.63) is 35.4 Å². The Hall–Kier alpha value is -0.820. The summed E-state index contributed by atoms with van der Waals surface area (Å²) in [5, 5.41) is 3.57. The zero-order chi connectivity index (χ0) is 12.9. The first-order valence-electron chi connectivity index (χ1n) is 6.68. The van der Waals surface area contributed by atoms with Crippen LogP contribution in [-0.4, -0.2) is 12.1 Å². The van der Waals surface area contributed by atoms with E-state index in [1.165, 1.54) is 24.0 Å². The van der Waals surface area contributed by atoms with E-state index in [1.807, 2.05) is 0 Å². The van der Waals surface area contributed by atoms with Crippen molar-refractivity contribution >= 4 is 0 Å². The summed E-state index contributed by atoms with van der Waals surface area (Å²) in [5.41, 5.74) is 3.15. The van der Waals surface area contributed by atoms with Crippen LogP contribution in [0.2, 0.25) is 0 Å². The fraction of sp³-hybridized carbons (Fsp3) is 0.625. The van der Waals surface area contributed by atoms with Crippen LogP contribution in [-0.2, 0) is 6.42 Å². The van der Waals surface area contributed by atoms with E-state index in [1.54, 1.807) is 0 Å². The number of benzene rings is 1. The topological polar surface area (TPSA) is 12.0 Å². The molecule has 0 aliphatic rings. The molecule has 1 unspecified atom stereocenters. The molecule has 1 N–H and O–H groups in total. The highest BCUT2D eigenvalue weighted by Gasteiger charge is 2.11. The van der Waals surface area contributed by atoms with E-state index in [4.69, 9.17) is 0 Å². The molecule has 0 amide bonds. The van der Waals surface area contributed by atoms with E-state index in [-0.39, 0.29) is 5.54 Å². The van der Waals surface area contributed by atoms with Crippen molar-refractivity contribution in [2.45, 2.75) is 53.0 Å². The summed E-state index contributed by atoms with van der Waals surface area (Å²) in [5.74, 6) is 0.730. The van der Waals surface area contributed by atoms with Gasteiger partial charge in [0.05, 0.1) is 0 Å². The second kappa shape index (κ2) is 6.20. The Morgan fingerprint density at radius 2 is 1.82 bits per heavy atom. The Kier molecular flexibility index (Phi) is 5.20. The van der Waals surface area contributed by atoms with Crippen LogP contribution in [0.1, 0.15) is 45.2 Å². The molecule has 0 aromatic heterocycles. The van der Waals surface area contributed by atoms with Crippen LogP contribution < -0.4 is 5.32 Å². The summed E-state index contributed by atoms with van der Waals surface area (Å²) in [6, 6.07) is 8.70. The molecule has 0 saturated heterocycles. The van der Waals surface area contributed by atoms with Crippen LogP contribution in [0.15, 0.2) is 24.3 Å². The summed E-state index contributed by atoms with van der Waals surface area (Å²) in [4.78, 5) is 0. The monoisotopic (exact) mass is 233 g/mol. The summed E-state index contributed by atoms with van der Waals surface area (Å²) >= 11 is 0. The lowest BCUT2D eigenvalue weighted by atomic mass is 9.97. The Bertz CT molecular complexity index is 336. The maximum absolute atomic E-state index is 3.57. The molecule has 0 fully saturated rings. The van der Waals surface area contributed by atoms with Crippen molar-refractivity contribution in [2.75, 3.05) is 6.54 Å². The van der Waals surface area contributed by atoms with Crippen LogP contribution in [0.25, 0.3) is 0 Å². The summed E-state index contributed by atoms with van der Waals surface area (Å²) < 4.78 is 0. The third-order valence-electron chi connectivity index (χ3n) is 3.15. The largest absolute Gasteiger partial charge is 0.312 e. The molecule has 0 aliphatic carbocycles. The number of nitrogens with one attached hydrogen (secondary N) is 1. The van der Waals surface area contributed by atoms with Crippen molar-refractivity contribution in [2.24, 2.45) is 5.92 Å². The molecule has 0 heterocycles. The highest BCUT2D eigenvalue weighted by Crippen LogP contribution is 2.13. The minimum Gasteiger partial charge on any atom is -0.312 e. The third-order valence-corrected chi connectivity index (χ3v) is 3.15. The predicted octanol–water partition coefficient (Wildman–Crippen LogP) is 3.95. The summed E-state index contributed by atoms with van der Waals surface area (Å²) in [6.07, 6.45) is 2.45.